The van der Waals surface area contributed by atoms with Crippen molar-refractivity contribution in [2.45, 2.75) is 37.8 Å². The van der Waals surface area contributed by atoms with E-state index < -0.39 is 27.2 Å². The number of hydrogen-bond acceptors (Lipinski definition) is 4. The van der Waals surface area contributed by atoms with Crippen molar-refractivity contribution in [3.05, 3.63) is 11.3 Å². The molecule has 0 fully saturated rings. The van der Waals surface area contributed by atoms with Crippen molar-refractivity contribution in [3.63, 3.8) is 0 Å². The van der Waals surface area contributed by atoms with E-state index in [1.165, 1.54) is 0 Å². The third-order valence-electron chi connectivity index (χ3n) is 2.52. The molecule has 1 heterocycles. The molecule has 0 aromatic carbocycles. The zero-order chi connectivity index (χ0) is 13.0. The number of carboxylic acid groups (broad SMARTS) is 1. The van der Waals surface area contributed by atoms with E-state index in [1.54, 1.807) is 18.7 Å². The van der Waals surface area contributed by atoms with Gasteiger partial charge in [-0.1, -0.05) is 0 Å². The number of carbonyl (C=O) groups excluding carboxylic acids is 1. The van der Waals surface area contributed by atoms with Crippen LogP contribution in [0, 0.1) is 0 Å². The zero-order valence-corrected chi connectivity index (χ0v) is 13.1. The van der Waals surface area contributed by atoms with Gasteiger partial charge in [-0.25, -0.2) is 0 Å². The molecule has 0 aliphatic carbocycles. The van der Waals surface area contributed by atoms with Crippen molar-refractivity contribution in [3.8, 4) is 0 Å². The monoisotopic (exact) mass is 370 g/mol. The Balaban J connectivity index is 2.65. The maximum absolute atomic E-state index is 11.0. The second-order valence-electron chi connectivity index (χ2n) is 3.90. The zero-order valence-electron chi connectivity index (χ0n) is 10.1. The predicted molar refractivity (Wildman–Crippen MR) is 64.5 cm³/mol. The number of hydrogen-bond donors (Lipinski definition) is 2. The topological polar surface area (TPSA) is 66.4 Å². The number of rotatable bonds is 5. The summed E-state index contributed by atoms with van der Waals surface area (Å²) in [6.07, 6.45) is 0.0472. The maximum atomic E-state index is 11.0. The van der Waals surface area contributed by atoms with Crippen molar-refractivity contribution in [2.75, 3.05) is 4.43 Å². The molecule has 0 aromatic heterocycles. The Bertz CT molecular complexity index is 357. The summed E-state index contributed by atoms with van der Waals surface area (Å²) < 4.78 is 1.14. The average molecular weight is 370 g/mol. The standard InChI is InChI=1S/C11H17INO3S/c1-6-7(2)17-10(5-12-8(3)14)13-9(6)4-11(15)16/h7,10,13H,4-5H2,1-3H3,(H,15,16)/q-1. The first-order chi connectivity index (χ1) is 7.90. The first-order valence-electron chi connectivity index (χ1n) is 5.33. The average Bonchev–Trinajstić information content (AvgIpc) is 2.21. The Morgan fingerprint density at radius 2 is 2.18 bits per heavy atom. The van der Waals surface area contributed by atoms with Crippen LogP contribution in [0.5, 0.6) is 0 Å². The molecule has 17 heavy (non-hydrogen) atoms. The fourth-order valence-corrected chi connectivity index (χ4v) is 4.94. The van der Waals surface area contributed by atoms with Crippen LogP contribution in [0.1, 0.15) is 27.2 Å². The molecule has 1 rings (SSSR count). The third kappa shape index (κ3) is 4.87. The van der Waals surface area contributed by atoms with Crippen LogP contribution in [-0.4, -0.2) is 29.9 Å². The van der Waals surface area contributed by atoms with Gasteiger partial charge in [0.05, 0.1) is 0 Å². The second-order valence-corrected chi connectivity index (χ2v) is 8.61. The molecule has 0 saturated heterocycles. The number of aliphatic carboxylic acids is 1. The number of carbonyl (C=O) groups is 2. The summed E-state index contributed by atoms with van der Waals surface area (Å²) in [6, 6.07) is 0. The van der Waals surface area contributed by atoms with Crippen molar-refractivity contribution in [1.82, 2.24) is 5.32 Å². The molecular weight excluding hydrogens is 353 g/mol. The van der Waals surface area contributed by atoms with E-state index >= 15 is 0 Å². The van der Waals surface area contributed by atoms with Crippen molar-refractivity contribution in [1.29, 1.82) is 0 Å². The molecule has 0 bridgehead atoms. The van der Waals surface area contributed by atoms with Gasteiger partial charge in [-0.05, 0) is 0 Å². The van der Waals surface area contributed by atoms with E-state index in [4.69, 9.17) is 5.11 Å². The molecule has 1 aliphatic rings. The van der Waals surface area contributed by atoms with Gasteiger partial charge in [-0.3, -0.25) is 0 Å². The molecule has 98 valence electrons. The van der Waals surface area contributed by atoms with Crippen molar-refractivity contribution >= 4 is 21.5 Å². The van der Waals surface area contributed by atoms with Crippen LogP contribution < -0.4 is 26.5 Å². The molecule has 2 atom stereocenters. The summed E-state index contributed by atoms with van der Waals surface area (Å²) in [5.41, 5.74) is 1.93. The van der Waals surface area contributed by atoms with Gasteiger partial charge < -0.3 is 0 Å². The van der Waals surface area contributed by atoms with Gasteiger partial charge in [0.15, 0.2) is 0 Å². The van der Waals surface area contributed by atoms with Gasteiger partial charge in [0, 0.05) is 0 Å². The molecule has 0 amide bonds. The van der Waals surface area contributed by atoms with E-state index in [0.717, 1.165) is 15.7 Å². The summed E-state index contributed by atoms with van der Waals surface area (Å²) in [7, 11) is 0. The number of thioether (sulfide) groups is 1. The van der Waals surface area contributed by atoms with Gasteiger partial charge in [0.2, 0.25) is 0 Å². The Morgan fingerprint density at radius 1 is 1.53 bits per heavy atom. The summed E-state index contributed by atoms with van der Waals surface area (Å²) >= 11 is 1.35. The van der Waals surface area contributed by atoms with E-state index in [9.17, 15) is 9.59 Å². The first kappa shape index (κ1) is 14.8. The summed E-state index contributed by atoms with van der Waals surface area (Å²) in [4.78, 5) is 21.8. The fourth-order valence-electron chi connectivity index (χ4n) is 1.53. The van der Waals surface area contributed by atoms with Gasteiger partial charge >= 0.3 is 116 Å². The third-order valence-corrected chi connectivity index (χ3v) is 6.89. The van der Waals surface area contributed by atoms with Crippen molar-refractivity contribution < 1.29 is 35.9 Å². The summed E-state index contributed by atoms with van der Waals surface area (Å²) in [5.74, 6) is -0.814. The minimum absolute atomic E-state index is 0.0472. The molecule has 1 aliphatic heterocycles. The Kier molecular flexibility index (Phi) is 5.78. The normalized spacial score (nSPS) is 24.6. The number of halogens is 1. The molecular formula is C11H17INO3S-. The SMILES string of the molecule is CC(=O)[I-]CC1NC(CC(=O)O)=C(C)C(C)S1. The van der Waals surface area contributed by atoms with Gasteiger partial charge in [0.1, 0.15) is 0 Å². The van der Waals surface area contributed by atoms with Crippen LogP contribution in [0.2, 0.25) is 0 Å². The first-order valence-corrected chi connectivity index (χ1v) is 8.88. The second kappa shape index (κ2) is 6.63. The van der Waals surface area contributed by atoms with Gasteiger partial charge in [0.25, 0.3) is 0 Å². The van der Waals surface area contributed by atoms with Crippen LogP contribution in [0.3, 0.4) is 0 Å². The molecule has 0 aromatic rings. The molecule has 0 radical (unpaired) electrons. The van der Waals surface area contributed by atoms with Gasteiger partial charge in [-0.15, -0.1) is 0 Å². The Hall–Kier alpha value is -0.240. The van der Waals surface area contributed by atoms with Crippen LogP contribution in [-0.2, 0) is 9.59 Å². The van der Waals surface area contributed by atoms with E-state index in [0.29, 0.717) is 5.25 Å². The molecule has 6 heteroatoms. The molecule has 2 N–H and O–H groups in total. The summed E-state index contributed by atoms with van der Waals surface area (Å²) in [5, 5.41) is 12.6. The van der Waals surface area contributed by atoms with Crippen LogP contribution in [0.4, 0.5) is 0 Å². The Labute approximate surface area is 116 Å². The van der Waals surface area contributed by atoms with Crippen molar-refractivity contribution in [2.24, 2.45) is 0 Å². The minimum atomic E-state index is -0.814. The number of nitrogens with one attached hydrogen (secondary N) is 1. The van der Waals surface area contributed by atoms with Crippen LogP contribution >= 0.6 is 11.8 Å². The van der Waals surface area contributed by atoms with E-state index in [1.807, 2.05) is 6.92 Å². The van der Waals surface area contributed by atoms with Crippen LogP contribution in [0.15, 0.2) is 11.3 Å². The fraction of sp³-hybridized carbons (Fsp3) is 0.636. The number of carboxylic acids is 1. The van der Waals surface area contributed by atoms with Gasteiger partial charge in [-0.2, -0.15) is 0 Å². The van der Waals surface area contributed by atoms with Crippen LogP contribution in [0.25, 0.3) is 0 Å². The molecule has 0 spiro atoms. The molecule has 0 saturated carbocycles. The summed E-state index contributed by atoms with van der Waals surface area (Å²) in [6.45, 7) is 5.68. The molecule has 4 nitrogen and oxygen atoms in total. The number of alkyl halides is 1. The van der Waals surface area contributed by atoms with E-state index in [-0.39, 0.29) is 15.6 Å². The van der Waals surface area contributed by atoms with E-state index in [2.05, 4.69) is 12.2 Å². The Morgan fingerprint density at radius 3 is 2.71 bits per heavy atom. The molecule has 2 unspecified atom stereocenters. The predicted octanol–water partition coefficient (Wildman–Crippen LogP) is -1.58. The quantitative estimate of drug-likeness (QED) is 0.348.